The highest BCUT2D eigenvalue weighted by molar-refractivity contribution is 7.98. The Hall–Kier alpha value is -2.84. The van der Waals surface area contributed by atoms with Crippen LogP contribution in [0, 0.1) is 0 Å². The molecule has 0 N–H and O–H groups in total. The Morgan fingerprint density at radius 1 is 0.964 bits per heavy atom. The lowest BCUT2D eigenvalue weighted by Gasteiger charge is -2.04. The fraction of sp³-hybridized carbons (Fsp3) is 0.158. The fourth-order valence-electron chi connectivity index (χ4n) is 2.58. The smallest absolute Gasteiger partial charge is 0.247 e. The predicted molar refractivity (Wildman–Crippen MR) is 107 cm³/mol. The lowest BCUT2D eigenvalue weighted by atomic mass is 10.2. The molecule has 0 spiro atoms. The van der Waals surface area contributed by atoms with Gasteiger partial charge < -0.3 is 13.7 Å². The van der Waals surface area contributed by atoms with Crippen LogP contribution in [0.5, 0.6) is 5.75 Å². The molecule has 4 rings (SSSR count). The third kappa shape index (κ3) is 3.88. The van der Waals surface area contributed by atoms with Gasteiger partial charge in [-0.15, -0.1) is 20.4 Å². The number of methoxy groups -OCH3 is 1. The number of benzene rings is 2. The standard InChI is InChI=1S/C19H16ClN5O2S/c1-25-17(12-5-9-15(26-2)10-6-12)22-24-19(25)28-11-16-21-23-18(27-16)13-3-7-14(20)8-4-13/h3-10H,11H2,1-2H3. The summed E-state index contributed by atoms with van der Waals surface area (Å²) in [6, 6.07) is 15.0. The van der Waals surface area contributed by atoms with Gasteiger partial charge in [-0.2, -0.15) is 0 Å². The van der Waals surface area contributed by atoms with Gasteiger partial charge in [-0.25, -0.2) is 0 Å². The first-order chi connectivity index (χ1) is 13.6. The maximum absolute atomic E-state index is 5.91. The highest BCUT2D eigenvalue weighted by Crippen LogP contribution is 2.27. The zero-order valence-electron chi connectivity index (χ0n) is 15.2. The first-order valence-electron chi connectivity index (χ1n) is 8.39. The number of hydrogen-bond donors (Lipinski definition) is 0. The Morgan fingerprint density at radius 3 is 2.39 bits per heavy atom. The number of rotatable bonds is 6. The number of halogens is 1. The SMILES string of the molecule is COc1ccc(-c2nnc(SCc3nnc(-c4ccc(Cl)cc4)o3)n2C)cc1. The van der Waals surface area contributed by atoms with Crippen LogP contribution in [0.1, 0.15) is 5.89 Å². The third-order valence-electron chi connectivity index (χ3n) is 4.07. The van der Waals surface area contributed by atoms with Gasteiger partial charge in [-0.3, -0.25) is 0 Å². The minimum Gasteiger partial charge on any atom is -0.497 e. The van der Waals surface area contributed by atoms with Crippen LogP contribution in [0.15, 0.2) is 58.1 Å². The first kappa shape index (κ1) is 18.5. The maximum atomic E-state index is 5.91. The van der Waals surface area contributed by atoms with Crippen molar-refractivity contribution >= 4 is 23.4 Å². The lowest BCUT2D eigenvalue weighted by Crippen LogP contribution is -1.95. The summed E-state index contributed by atoms with van der Waals surface area (Å²) in [4.78, 5) is 0. The van der Waals surface area contributed by atoms with Crippen molar-refractivity contribution in [2.45, 2.75) is 10.9 Å². The summed E-state index contributed by atoms with van der Waals surface area (Å²) in [6.07, 6.45) is 0. The van der Waals surface area contributed by atoms with Crippen molar-refractivity contribution in [1.29, 1.82) is 0 Å². The maximum Gasteiger partial charge on any atom is 0.247 e. The molecule has 0 radical (unpaired) electrons. The molecule has 0 atom stereocenters. The Bertz CT molecular complexity index is 1080. The van der Waals surface area contributed by atoms with Crippen molar-refractivity contribution in [2.75, 3.05) is 7.11 Å². The van der Waals surface area contributed by atoms with Crippen molar-refractivity contribution in [3.05, 3.63) is 59.4 Å². The summed E-state index contributed by atoms with van der Waals surface area (Å²) in [5.41, 5.74) is 1.79. The van der Waals surface area contributed by atoms with Crippen LogP contribution in [0.3, 0.4) is 0 Å². The van der Waals surface area contributed by atoms with Crippen molar-refractivity contribution in [3.8, 4) is 28.6 Å². The lowest BCUT2D eigenvalue weighted by molar-refractivity contribution is 0.415. The van der Waals surface area contributed by atoms with Crippen molar-refractivity contribution in [1.82, 2.24) is 25.0 Å². The summed E-state index contributed by atoms with van der Waals surface area (Å²) >= 11 is 7.39. The molecule has 2 aromatic carbocycles. The Morgan fingerprint density at radius 2 is 1.68 bits per heavy atom. The molecule has 7 nitrogen and oxygen atoms in total. The topological polar surface area (TPSA) is 78.9 Å². The summed E-state index contributed by atoms with van der Waals surface area (Å²) in [7, 11) is 3.57. The Labute approximate surface area is 170 Å². The van der Waals surface area contributed by atoms with Gasteiger partial charge in [0.15, 0.2) is 11.0 Å². The molecule has 28 heavy (non-hydrogen) atoms. The summed E-state index contributed by atoms with van der Waals surface area (Å²) < 4.78 is 12.9. The second kappa shape index (κ2) is 8.04. The molecule has 0 saturated heterocycles. The highest BCUT2D eigenvalue weighted by Gasteiger charge is 2.14. The summed E-state index contributed by atoms with van der Waals surface area (Å²) in [5, 5.41) is 18.2. The van der Waals surface area contributed by atoms with Crippen LogP contribution in [0.4, 0.5) is 0 Å². The Balaban J connectivity index is 1.45. The van der Waals surface area contributed by atoms with Gasteiger partial charge >= 0.3 is 0 Å². The normalized spacial score (nSPS) is 11.0. The zero-order valence-corrected chi connectivity index (χ0v) is 16.7. The van der Waals surface area contributed by atoms with Gasteiger partial charge in [-0.1, -0.05) is 23.4 Å². The van der Waals surface area contributed by atoms with Crippen LogP contribution < -0.4 is 4.74 Å². The van der Waals surface area contributed by atoms with E-state index in [0.717, 1.165) is 27.9 Å². The van der Waals surface area contributed by atoms with Crippen LogP contribution in [0.2, 0.25) is 5.02 Å². The second-order valence-corrected chi connectivity index (χ2v) is 7.27. The van der Waals surface area contributed by atoms with Crippen LogP contribution in [-0.2, 0) is 12.8 Å². The molecule has 0 aliphatic heterocycles. The monoisotopic (exact) mass is 413 g/mol. The van der Waals surface area contributed by atoms with Gasteiger partial charge in [0.05, 0.1) is 12.9 Å². The van der Waals surface area contributed by atoms with E-state index in [1.54, 1.807) is 19.2 Å². The van der Waals surface area contributed by atoms with E-state index in [9.17, 15) is 0 Å². The summed E-state index contributed by atoms with van der Waals surface area (Å²) in [5.74, 6) is 3.05. The largest absolute Gasteiger partial charge is 0.497 e. The quantitative estimate of drug-likeness (QED) is 0.431. The zero-order chi connectivity index (χ0) is 19.5. The van der Waals surface area contributed by atoms with E-state index >= 15 is 0 Å². The molecule has 4 aromatic rings. The van der Waals surface area contributed by atoms with Gasteiger partial charge in [0.25, 0.3) is 0 Å². The van der Waals surface area contributed by atoms with Crippen molar-refractivity contribution in [3.63, 3.8) is 0 Å². The van der Waals surface area contributed by atoms with Crippen molar-refractivity contribution < 1.29 is 9.15 Å². The van der Waals surface area contributed by atoms with E-state index in [2.05, 4.69) is 20.4 Å². The molecule has 0 saturated carbocycles. The molecule has 0 aliphatic rings. The molecule has 0 aliphatic carbocycles. The molecule has 2 heterocycles. The number of thioether (sulfide) groups is 1. The molecule has 0 fully saturated rings. The minimum atomic E-state index is 0.462. The van der Waals surface area contributed by atoms with E-state index in [4.69, 9.17) is 20.8 Å². The second-order valence-electron chi connectivity index (χ2n) is 5.89. The predicted octanol–water partition coefficient (Wildman–Crippen LogP) is 4.49. The highest BCUT2D eigenvalue weighted by atomic mass is 35.5. The Kier molecular flexibility index (Phi) is 5.31. The average molecular weight is 414 g/mol. The molecule has 9 heteroatoms. The molecular formula is C19H16ClN5O2S. The molecule has 2 aromatic heterocycles. The van der Waals surface area contributed by atoms with Gasteiger partial charge in [-0.05, 0) is 48.5 Å². The molecule has 0 bridgehead atoms. The van der Waals surface area contributed by atoms with E-state index in [-0.39, 0.29) is 0 Å². The van der Waals surface area contributed by atoms with Crippen LogP contribution in [-0.4, -0.2) is 32.1 Å². The number of ether oxygens (including phenoxy) is 1. The first-order valence-corrected chi connectivity index (χ1v) is 9.75. The van der Waals surface area contributed by atoms with Crippen LogP contribution >= 0.6 is 23.4 Å². The van der Waals surface area contributed by atoms with E-state index in [0.29, 0.717) is 22.6 Å². The molecular weight excluding hydrogens is 398 g/mol. The number of nitrogens with zero attached hydrogens (tertiary/aromatic N) is 5. The van der Waals surface area contributed by atoms with Crippen molar-refractivity contribution in [2.24, 2.45) is 7.05 Å². The van der Waals surface area contributed by atoms with Gasteiger partial charge in [0, 0.05) is 23.2 Å². The molecule has 0 unspecified atom stereocenters. The molecule has 142 valence electrons. The number of aromatic nitrogens is 5. The minimum absolute atomic E-state index is 0.462. The van der Waals surface area contributed by atoms with E-state index in [1.807, 2.05) is 48.0 Å². The van der Waals surface area contributed by atoms with E-state index < -0.39 is 0 Å². The molecule has 0 amide bonds. The van der Waals surface area contributed by atoms with Crippen LogP contribution in [0.25, 0.3) is 22.8 Å². The number of hydrogen-bond acceptors (Lipinski definition) is 7. The average Bonchev–Trinajstić information content (AvgIpc) is 3.34. The van der Waals surface area contributed by atoms with Gasteiger partial charge in [0.1, 0.15) is 5.75 Å². The van der Waals surface area contributed by atoms with Gasteiger partial charge in [0.2, 0.25) is 11.8 Å². The fourth-order valence-corrected chi connectivity index (χ4v) is 3.45. The van der Waals surface area contributed by atoms with E-state index in [1.165, 1.54) is 11.8 Å². The third-order valence-corrected chi connectivity index (χ3v) is 5.32. The summed E-state index contributed by atoms with van der Waals surface area (Å²) in [6.45, 7) is 0.